The summed E-state index contributed by atoms with van der Waals surface area (Å²) in [6.07, 6.45) is 3.88. The van der Waals surface area contributed by atoms with Crippen molar-refractivity contribution in [2.45, 2.75) is 12.8 Å². The zero-order valence-electron chi connectivity index (χ0n) is 14.5. The summed E-state index contributed by atoms with van der Waals surface area (Å²) in [5, 5.41) is 0. The molecule has 4 rings (SSSR count). The Kier molecular flexibility index (Phi) is 4.17. The molecule has 25 heavy (non-hydrogen) atoms. The summed E-state index contributed by atoms with van der Waals surface area (Å²) in [5.74, 6) is 0.163. The van der Waals surface area contributed by atoms with Crippen molar-refractivity contribution in [2.24, 2.45) is 0 Å². The Morgan fingerprint density at radius 3 is 2.32 bits per heavy atom. The van der Waals surface area contributed by atoms with Gasteiger partial charge in [-0.25, -0.2) is 4.98 Å². The summed E-state index contributed by atoms with van der Waals surface area (Å²) < 4.78 is 1.75. The predicted octanol–water partition coefficient (Wildman–Crippen LogP) is 0.958. The number of aromatic nitrogens is 2. The van der Waals surface area contributed by atoms with E-state index in [1.807, 2.05) is 34.2 Å². The molecule has 0 radical (unpaired) electrons. The largest absolute Gasteiger partial charge is 0.337 e. The number of rotatable bonds is 2. The third-order valence-corrected chi connectivity index (χ3v) is 5.13. The summed E-state index contributed by atoms with van der Waals surface area (Å²) in [6.45, 7) is 4.63. The first-order valence-electron chi connectivity index (χ1n) is 8.89. The Morgan fingerprint density at radius 2 is 1.60 bits per heavy atom. The molecule has 0 unspecified atom stereocenters. The van der Waals surface area contributed by atoms with Crippen LogP contribution in [0.3, 0.4) is 0 Å². The minimum absolute atomic E-state index is 0.0707. The second-order valence-corrected chi connectivity index (χ2v) is 6.83. The van der Waals surface area contributed by atoms with Crippen LogP contribution in [0, 0.1) is 0 Å². The van der Waals surface area contributed by atoms with E-state index in [0.29, 0.717) is 30.1 Å². The molecule has 0 aliphatic carbocycles. The highest BCUT2D eigenvalue weighted by atomic mass is 16.2. The third-order valence-electron chi connectivity index (χ3n) is 5.13. The summed E-state index contributed by atoms with van der Waals surface area (Å²) in [4.78, 5) is 36.2. The molecule has 2 saturated heterocycles. The van der Waals surface area contributed by atoms with Crippen LogP contribution in [0.5, 0.6) is 0 Å². The van der Waals surface area contributed by atoms with Gasteiger partial charge in [0.25, 0.3) is 11.8 Å². The van der Waals surface area contributed by atoms with Gasteiger partial charge in [-0.1, -0.05) is 6.07 Å². The molecule has 4 heterocycles. The summed E-state index contributed by atoms with van der Waals surface area (Å²) in [6, 6.07) is 5.60. The van der Waals surface area contributed by atoms with Crippen LogP contribution < -0.4 is 0 Å². The van der Waals surface area contributed by atoms with Crippen LogP contribution >= 0.6 is 0 Å². The number of likely N-dealkylation sites (N-methyl/N-ethyl adjacent to an activating group) is 1. The molecular formula is C18H23N5O2. The summed E-state index contributed by atoms with van der Waals surface area (Å²) in [5.41, 5.74) is 1.09. The zero-order chi connectivity index (χ0) is 17.4. The number of amides is 2. The van der Waals surface area contributed by atoms with Gasteiger partial charge in [0.05, 0.1) is 5.52 Å². The molecule has 0 spiro atoms. The number of fused-ring (bicyclic) bond motifs is 1. The van der Waals surface area contributed by atoms with Crippen LogP contribution in [0.15, 0.2) is 24.4 Å². The number of pyridine rings is 1. The molecule has 0 aromatic carbocycles. The van der Waals surface area contributed by atoms with E-state index in [2.05, 4.69) is 16.9 Å². The lowest BCUT2D eigenvalue weighted by molar-refractivity contribution is 0.0651. The second kappa shape index (κ2) is 6.48. The van der Waals surface area contributed by atoms with Gasteiger partial charge in [0.2, 0.25) is 5.82 Å². The maximum absolute atomic E-state index is 13.0. The fourth-order valence-corrected chi connectivity index (χ4v) is 3.57. The monoisotopic (exact) mass is 341 g/mol. The Bertz CT molecular complexity index is 801. The molecule has 0 saturated carbocycles. The molecule has 7 heteroatoms. The predicted molar refractivity (Wildman–Crippen MR) is 93.7 cm³/mol. The van der Waals surface area contributed by atoms with Crippen molar-refractivity contribution in [3.05, 3.63) is 35.9 Å². The lowest BCUT2D eigenvalue weighted by Crippen LogP contribution is -2.47. The van der Waals surface area contributed by atoms with E-state index in [0.717, 1.165) is 39.0 Å². The van der Waals surface area contributed by atoms with E-state index >= 15 is 0 Å². The fourth-order valence-electron chi connectivity index (χ4n) is 3.57. The van der Waals surface area contributed by atoms with E-state index in [4.69, 9.17) is 0 Å². The van der Waals surface area contributed by atoms with Crippen LogP contribution in [0.4, 0.5) is 0 Å². The number of hydrogen-bond donors (Lipinski definition) is 0. The average molecular weight is 341 g/mol. The van der Waals surface area contributed by atoms with Crippen LogP contribution in [0.1, 0.15) is 33.9 Å². The Balaban J connectivity index is 1.69. The van der Waals surface area contributed by atoms with E-state index in [1.54, 1.807) is 4.40 Å². The number of piperazine rings is 1. The molecule has 7 nitrogen and oxygen atoms in total. The molecule has 2 fully saturated rings. The number of carbonyl (C=O) groups excluding carboxylic acids is 2. The summed E-state index contributed by atoms with van der Waals surface area (Å²) in [7, 11) is 2.06. The van der Waals surface area contributed by atoms with Gasteiger partial charge in [0.1, 0.15) is 0 Å². The van der Waals surface area contributed by atoms with Crippen molar-refractivity contribution in [1.29, 1.82) is 0 Å². The SMILES string of the molecule is CN1CCN(C(=O)c2nc(C(=O)N3CCCC3)c3ccccn23)CC1. The maximum Gasteiger partial charge on any atom is 0.290 e. The van der Waals surface area contributed by atoms with Gasteiger partial charge in [-0.05, 0) is 32.0 Å². The molecule has 0 atom stereocenters. The average Bonchev–Trinajstić information content (AvgIpc) is 3.29. The molecule has 2 amide bonds. The molecule has 0 N–H and O–H groups in total. The van der Waals surface area contributed by atoms with Gasteiger partial charge in [0, 0.05) is 45.5 Å². The molecule has 2 aliphatic heterocycles. The molecule has 0 bridgehead atoms. The first-order chi connectivity index (χ1) is 12.1. The van der Waals surface area contributed by atoms with Crippen LogP contribution in [-0.4, -0.2) is 82.2 Å². The van der Waals surface area contributed by atoms with E-state index in [-0.39, 0.29) is 11.8 Å². The highest BCUT2D eigenvalue weighted by molar-refractivity contribution is 6.02. The number of nitrogens with zero attached hydrogens (tertiary/aromatic N) is 5. The van der Waals surface area contributed by atoms with Crippen molar-refractivity contribution in [1.82, 2.24) is 24.1 Å². The molecule has 132 valence electrons. The molecular weight excluding hydrogens is 318 g/mol. The first-order valence-corrected chi connectivity index (χ1v) is 8.89. The van der Waals surface area contributed by atoms with Crippen LogP contribution in [-0.2, 0) is 0 Å². The van der Waals surface area contributed by atoms with Gasteiger partial charge in [-0.15, -0.1) is 0 Å². The number of likely N-dealkylation sites (tertiary alicyclic amines) is 1. The Hall–Kier alpha value is -2.41. The Labute approximate surface area is 146 Å². The summed E-state index contributed by atoms with van der Waals surface area (Å²) >= 11 is 0. The second-order valence-electron chi connectivity index (χ2n) is 6.83. The standard InChI is InChI=1S/C18H23N5O2/c1-20-10-12-22(13-11-20)18(25)16-19-15(14-6-2-3-9-23(14)16)17(24)21-7-4-5-8-21/h2-3,6,9H,4-5,7-8,10-13H2,1H3. The van der Waals surface area contributed by atoms with Gasteiger partial charge in [0.15, 0.2) is 5.69 Å². The first kappa shape index (κ1) is 16.1. The minimum Gasteiger partial charge on any atom is -0.337 e. The van der Waals surface area contributed by atoms with Gasteiger partial charge >= 0.3 is 0 Å². The molecule has 2 aromatic rings. The van der Waals surface area contributed by atoms with Gasteiger partial charge in [-0.2, -0.15) is 0 Å². The van der Waals surface area contributed by atoms with Crippen molar-refractivity contribution in [3.8, 4) is 0 Å². The van der Waals surface area contributed by atoms with Crippen molar-refractivity contribution in [3.63, 3.8) is 0 Å². The number of hydrogen-bond acceptors (Lipinski definition) is 4. The van der Waals surface area contributed by atoms with Crippen molar-refractivity contribution in [2.75, 3.05) is 46.3 Å². The van der Waals surface area contributed by atoms with Crippen LogP contribution in [0.2, 0.25) is 0 Å². The van der Waals surface area contributed by atoms with Gasteiger partial charge in [-0.3, -0.25) is 14.0 Å². The highest BCUT2D eigenvalue weighted by Crippen LogP contribution is 2.19. The normalized spacial score (nSPS) is 18.9. The van der Waals surface area contributed by atoms with Crippen molar-refractivity contribution >= 4 is 17.3 Å². The lowest BCUT2D eigenvalue weighted by Gasteiger charge is -2.31. The lowest BCUT2D eigenvalue weighted by atomic mass is 10.3. The topological polar surface area (TPSA) is 61.2 Å². The van der Waals surface area contributed by atoms with E-state index < -0.39 is 0 Å². The fraction of sp³-hybridized carbons (Fsp3) is 0.500. The maximum atomic E-state index is 13.0. The minimum atomic E-state index is -0.102. The highest BCUT2D eigenvalue weighted by Gasteiger charge is 2.29. The number of imidazole rings is 1. The smallest absolute Gasteiger partial charge is 0.290 e. The molecule has 2 aromatic heterocycles. The van der Waals surface area contributed by atoms with Crippen LogP contribution in [0.25, 0.3) is 5.52 Å². The van der Waals surface area contributed by atoms with Crippen molar-refractivity contribution < 1.29 is 9.59 Å². The van der Waals surface area contributed by atoms with Gasteiger partial charge < -0.3 is 14.7 Å². The van der Waals surface area contributed by atoms with E-state index in [9.17, 15) is 9.59 Å². The molecule has 2 aliphatic rings. The zero-order valence-corrected chi connectivity index (χ0v) is 14.5. The third kappa shape index (κ3) is 2.89. The Morgan fingerprint density at radius 1 is 0.920 bits per heavy atom. The van der Waals surface area contributed by atoms with E-state index in [1.165, 1.54) is 0 Å². The number of carbonyl (C=O) groups is 2. The quantitative estimate of drug-likeness (QED) is 0.816.